The summed E-state index contributed by atoms with van der Waals surface area (Å²) in [6.45, 7) is 5.30. The van der Waals surface area contributed by atoms with Gasteiger partial charge in [0.25, 0.3) is 0 Å². The molecule has 0 radical (unpaired) electrons. The van der Waals surface area contributed by atoms with Crippen LogP contribution in [0.5, 0.6) is 0 Å². The summed E-state index contributed by atoms with van der Waals surface area (Å²) in [5, 5.41) is 0. The third kappa shape index (κ3) is 4.08. The molecule has 92 valence electrons. The number of rotatable bonds is 4. The van der Waals surface area contributed by atoms with Gasteiger partial charge in [0.15, 0.2) is 0 Å². The van der Waals surface area contributed by atoms with Crippen LogP contribution < -0.4 is 5.73 Å². The van der Waals surface area contributed by atoms with Crippen LogP contribution in [0, 0.1) is 12.7 Å². The first kappa shape index (κ1) is 15.4. The lowest BCUT2D eigenvalue weighted by Crippen LogP contribution is -2.34. The zero-order valence-electron chi connectivity index (χ0n) is 10.0. The topological polar surface area (TPSA) is 29.3 Å². The van der Waals surface area contributed by atoms with Crippen LogP contribution in [0.3, 0.4) is 0 Å². The highest BCUT2D eigenvalue weighted by Crippen LogP contribution is 2.11. The number of likely N-dealkylation sites (N-methyl/N-ethyl adjacent to an activating group) is 1. The van der Waals surface area contributed by atoms with E-state index in [1.54, 1.807) is 6.92 Å². The Balaban J connectivity index is 0.00000225. The van der Waals surface area contributed by atoms with Crippen LogP contribution in [0.15, 0.2) is 18.2 Å². The molecule has 0 amide bonds. The van der Waals surface area contributed by atoms with E-state index in [1.807, 2.05) is 19.2 Å². The SMILES string of the molecule is Cc1cc(CN(C)C(C)CN)ccc1F.Cl. The van der Waals surface area contributed by atoms with Gasteiger partial charge >= 0.3 is 0 Å². The Hall–Kier alpha value is -0.640. The molecule has 0 bridgehead atoms. The van der Waals surface area contributed by atoms with Gasteiger partial charge in [-0.15, -0.1) is 12.4 Å². The van der Waals surface area contributed by atoms with E-state index in [2.05, 4.69) is 11.8 Å². The van der Waals surface area contributed by atoms with Crippen molar-refractivity contribution in [2.45, 2.75) is 26.4 Å². The van der Waals surface area contributed by atoms with E-state index in [9.17, 15) is 4.39 Å². The summed E-state index contributed by atoms with van der Waals surface area (Å²) < 4.78 is 13.0. The molecule has 0 aliphatic heterocycles. The normalized spacial score (nSPS) is 12.4. The molecule has 0 spiro atoms. The van der Waals surface area contributed by atoms with Crippen LogP contribution in [0.4, 0.5) is 4.39 Å². The number of nitrogens with two attached hydrogens (primary N) is 1. The van der Waals surface area contributed by atoms with Gasteiger partial charge in [-0.25, -0.2) is 4.39 Å². The summed E-state index contributed by atoms with van der Waals surface area (Å²) in [5.74, 6) is -0.145. The Labute approximate surface area is 103 Å². The highest BCUT2D eigenvalue weighted by Gasteiger charge is 2.08. The van der Waals surface area contributed by atoms with Crippen molar-refractivity contribution in [3.8, 4) is 0 Å². The lowest BCUT2D eigenvalue weighted by molar-refractivity contribution is 0.254. The molecular weight excluding hydrogens is 227 g/mol. The minimum absolute atomic E-state index is 0. The van der Waals surface area contributed by atoms with Crippen molar-refractivity contribution in [3.63, 3.8) is 0 Å². The van der Waals surface area contributed by atoms with Gasteiger partial charge < -0.3 is 5.73 Å². The molecule has 16 heavy (non-hydrogen) atoms. The minimum atomic E-state index is -0.145. The fourth-order valence-corrected chi connectivity index (χ4v) is 1.43. The van der Waals surface area contributed by atoms with E-state index in [0.29, 0.717) is 18.2 Å². The lowest BCUT2D eigenvalue weighted by atomic mass is 10.1. The summed E-state index contributed by atoms with van der Waals surface area (Å²) in [4.78, 5) is 2.16. The second kappa shape index (κ2) is 6.84. The number of hydrogen-bond acceptors (Lipinski definition) is 2. The maximum atomic E-state index is 13.0. The number of halogens is 2. The zero-order chi connectivity index (χ0) is 11.4. The molecule has 1 aromatic carbocycles. The Morgan fingerprint density at radius 1 is 1.44 bits per heavy atom. The summed E-state index contributed by atoms with van der Waals surface area (Å²) >= 11 is 0. The van der Waals surface area contributed by atoms with Gasteiger partial charge in [0.1, 0.15) is 5.82 Å². The van der Waals surface area contributed by atoms with Crippen molar-refractivity contribution in [3.05, 3.63) is 35.1 Å². The Morgan fingerprint density at radius 3 is 2.56 bits per heavy atom. The first-order valence-electron chi connectivity index (χ1n) is 5.20. The van der Waals surface area contributed by atoms with Crippen LogP contribution in [0.25, 0.3) is 0 Å². The highest BCUT2D eigenvalue weighted by atomic mass is 35.5. The second-order valence-corrected chi connectivity index (χ2v) is 4.08. The van der Waals surface area contributed by atoms with Gasteiger partial charge in [-0.1, -0.05) is 12.1 Å². The lowest BCUT2D eigenvalue weighted by Gasteiger charge is -2.23. The van der Waals surface area contributed by atoms with Crippen molar-refractivity contribution >= 4 is 12.4 Å². The van der Waals surface area contributed by atoms with Gasteiger partial charge in [0.2, 0.25) is 0 Å². The fourth-order valence-electron chi connectivity index (χ4n) is 1.43. The Morgan fingerprint density at radius 2 is 2.06 bits per heavy atom. The van der Waals surface area contributed by atoms with Crippen molar-refractivity contribution in [1.82, 2.24) is 4.90 Å². The molecule has 1 rings (SSSR count). The summed E-state index contributed by atoms with van der Waals surface area (Å²) in [5.41, 5.74) is 7.40. The third-order valence-electron chi connectivity index (χ3n) is 2.75. The number of nitrogens with zero attached hydrogens (tertiary/aromatic N) is 1. The van der Waals surface area contributed by atoms with E-state index in [-0.39, 0.29) is 18.2 Å². The maximum absolute atomic E-state index is 13.0. The van der Waals surface area contributed by atoms with E-state index in [0.717, 1.165) is 12.1 Å². The first-order valence-corrected chi connectivity index (χ1v) is 5.20. The first-order chi connectivity index (χ1) is 7.04. The molecule has 0 aromatic heterocycles. The average molecular weight is 247 g/mol. The molecule has 0 saturated carbocycles. The Bertz CT molecular complexity index is 331. The third-order valence-corrected chi connectivity index (χ3v) is 2.75. The molecule has 1 unspecified atom stereocenters. The van der Waals surface area contributed by atoms with Crippen LogP contribution in [-0.2, 0) is 6.54 Å². The van der Waals surface area contributed by atoms with E-state index < -0.39 is 0 Å². The molecule has 4 heteroatoms. The largest absolute Gasteiger partial charge is 0.329 e. The molecule has 2 N–H and O–H groups in total. The maximum Gasteiger partial charge on any atom is 0.126 e. The molecule has 1 atom stereocenters. The predicted molar refractivity (Wildman–Crippen MR) is 68.4 cm³/mol. The highest BCUT2D eigenvalue weighted by molar-refractivity contribution is 5.85. The molecule has 2 nitrogen and oxygen atoms in total. The quantitative estimate of drug-likeness (QED) is 0.884. The zero-order valence-corrected chi connectivity index (χ0v) is 10.9. The predicted octanol–water partition coefficient (Wildman–Crippen LogP) is 2.33. The van der Waals surface area contributed by atoms with Crippen LogP contribution in [-0.4, -0.2) is 24.5 Å². The van der Waals surface area contributed by atoms with Gasteiger partial charge in [0, 0.05) is 19.1 Å². The minimum Gasteiger partial charge on any atom is -0.329 e. The average Bonchev–Trinajstić information content (AvgIpc) is 2.22. The summed E-state index contributed by atoms with van der Waals surface area (Å²) in [6.07, 6.45) is 0. The molecular formula is C12H20ClFN2. The van der Waals surface area contributed by atoms with E-state index in [4.69, 9.17) is 5.73 Å². The van der Waals surface area contributed by atoms with Gasteiger partial charge in [-0.2, -0.15) is 0 Å². The standard InChI is InChI=1S/C12H19FN2.ClH/c1-9-6-11(4-5-12(9)13)8-15(3)10(2)7-14;/h4-6,10H,7-8,14H2,1-3H3;1H. The van der Waals surface area contributed by atoms with Crippen molar-refractivity contribution in [1.29, 1.82) is 0 Å². The molecule has 0 saturated heterocycles. The van der Waals surface area contributed by atoms with Crippen LogP contribution >= 0.6 is 12.4 Å². The molecule has 0 heterocycles. The number of benzene rings is 1. The smallest absolute Gasteiger partial charge is 0.126 e. The van der Waals surface area contributed by atoms with Crippen molar-refractivity contribution in [2.75, 3.05) is 13.6 Å². The van der Waals surface area contributed by atoms with E-state index >= 15 is 0 Å². The second-order valence-electron chi connectivity index (χ2n) is 4.08. The van der Waals surface area contributed by atoms with Crippen molar-refractivity contribution < 1.29 is 4.39 Å². The monoisotopic (exact) mass is 246 g/mol. The molecule has 1 aromatic rings. The molecule has 0 aliphatic carbocycles. The number of aryl methyl sites for hydroxylation is 1. The van der Waals surface area contributed by atoms with E-state index in [1.165, 1.54) is 6.07 Å². The van der Waals surface area contributed by atoms with Gasteiger partial charge in [-0.3, -0.25) is 4.90 Å². The van der Waals surface area contributed by atoms with Gasteiger partial charge in [0.05, 0.1) is 0 Å². The summed E-state index contributed by atoms with van der Waals surface area (Å²) in [7, 11) is 2.02. The number of hydrogen-bond donors (Lipinski definition) is 1. The fraction of sp³-hybridized carbons (Fsp3) is 0.500. The van der Waals surface area contributed by atoms with Crippen molar-refractivity contribution in [2.24, 2.45) is 5.73 Å². The van der Waals surface area contributed by atoms with Gasteiger partial charge in [-0.05, 0) is 38.1 Å². The summed E-state index contributed by atoms with van der Waals surface area (Å²) in [6, 6.07) is 5.57. The van der Waals surface area contributed by atoms with Crippen LogP contribution in [0.1, 0.15) is 18.1 Å². The molecule has 0 fully saturated rings. The molecule has 0 aliphatic rings. The van der Waals surface area contributed by atoms with Crippen LogP contribution in [0.2, 0.25) is 0 Å². The Kier molecular flexibility index (Phi) is 6.56.